The van der Waals surface area contributed by atoms with Crippen molar-refractivity contribution in [1.29, 1.82) is 0 Å². The third-order valence-electron chi connectivity index (χ3n) is 2.85. The number of nitrogens with one attached hydrogen (secondary N) is 1. The lowest BCUT2D eigenvalue weighted by Crippen LogP contribution is -2.17. The third-order valence-corrected chi connectivity index (χ3v) is 4.59. The highest BCUT2D eigenvalue weighted by molar-refractivity contribution is 7.92. The van der Waals surface area contributed by atoms with Gasteiger partial charge in [0.1, 0.15) is 0 Å². The monoisotopic (exact) mass is 314 g/mol. The Hall–Kier alpha value is -1.60. The van der Waals surface area contributed by atoms with Crippen LogP contribution in [0.5, 0.6) is 0 Å². The number of anilines is 1. The normalized spacial score (nSPS) is 11.8. The lowest BCUT2D eigenvalue weighted by atomic mass is 10.0. The molecule has 1 aromatic carbocycles. The van der Waals surface area contributed by atoms with Crippen molar-refractivity contribution < 1.29 is 8.42 Å². The Morgan fingerprint density at radius 2 is 2.05 bits per heavy atom. The Morgan fingerprint density at radius 1 is 1.35 bits per heavy atom. The van der Waals surface area contributed by atoms with Crippen molar-refractivity contribution in [3.63, 3.8) is 0 Å². The summed E-state index contributed by atoms with van der Waals surface area (Å²) in [5.41, 5.74) is 1.34. The fraction of sp³-hybridized carbons (Fsp3) is 0.333. The summed E-state index contributed by atoms with van der Waals surface area (Å²) in [7, 11) is -2.25. The molecule has 108 valence electrons. The average Bonchev–Trinajstić information content (AvgIpc) is 2.78. The third kappa shape index (κ3) is 2.94. The molecule has 0 radical (unpaired) electrons. The maximum Gasteiger partial charge on any atom is 0.280 e. The second-order valence-corrected chi connectivity index (χ2v) is 6.73. The van der Waals surface area contributed by atoms with Gasteiger partial charge < -0.3 is 0 Å². The topological polar surface area (TPSA) is 76.9 Å². The summed E-state index contributed by atoms with van der Waals surface area (Å²) < 4.78 is 28.1. The summed E-state index contributed by atoms with van der Waals surface area (Å²) in [6.07, 6.45) is 1.18. The van der Waals surface area contributed by atoms with Crippen LogP contribution in [0.15, 0.2) is 29.4 Å². The van der Waals surface area contributed by atoms with Gasteiger partial charge in [-0.05, 0) is 23.6 Å². The molecule has 0 aliphatic carbocycles. The van der Waals surface area contributed by atoms with Crippen LogP contribution in [0, 0.1) is 0 Å². The predicted octanol–water partition coefficient (Wildman–Crippen LogP) is 2.39. The van der Waals surface area contributed by atoms with Gasteiger partial charge in [-0.2, -0.15) is 8.42 Å². The van der Waals surface area contributed by atoms with Crippen LogP contribution in [-0.2, 0) is 17.1 Å². The zero-order chi connectivity index (χ0) is 14.9. The number of nitrogens with zero attached hydrogens (tertiary/aromatic N) is 3. The number of hydrogen-bond acceptors (Lipinski definition) is 4. The molecule has 20 heavy (non-hydrogen) atoms. The second kappa shape index (κ2) is 5.41. The van der Waals surface area contributed by atoms with Crippen LogP contribution >= 0.6 is 11.6 Å². The van der Waals surface area contributed by atoms with Crippen molar-refractivity contribution in [2.24, 2.45) is 7.05 Å². The van der Waals surface area contributed by atoms with Crippen LogP contribution in [0.2, 0.25) is 5.02 Å². The van der Waals surface area contributed by atoms with Gasteiger partial charge in [0.15, 0.2) is 5.03 Å². The van der Waals surface area contributed by atoms with Crippen molar-refractivity contribution in [3.05, 3.63) is 35.0 Å². The molecule has 0 unspecified atom stereocenters. The number of hydrogen-bond donors (Lipinski definition) is 1. The molecule has 1 aromatic heterocycles. The van der Waals surface area contributed by atoms with Gasteiger partial charge in [0.25, 0.3) is 10.0 Å². The van der Waals surface area contributed by atoms with E-state index in [0.717, 1.165) is 5.56 Å². The molecule has 8 heteroatoms. The lowest BCUT2D eigenvalue weighted by Gasteiger charge is -2.12. The standard InChI is InChI=1S/C12H15ClN4O2S/c1-8(2)9-4-5-10(13)11(6-9)15-20(18,19)12-7-14-16-17(12)3/h4-8,15H,1-3H3. The Bertz CT molecular complexity index is 725. The van der Waals surface area contributed by atoms with E-state index in [1.54, 1.807) is 12.1 Å². The van der Waals surface area contributed by atoms with Crippen LogP contribution in [0.3, 0.4) is 0 Å². The predicted molar refractivity (Wildman–Crippen MR) is 77.4 cm³/mol. The summed E-state index contributed by atoms with van der Waals surface area (Å²) in [5.74, 6) is 0.272. The lowest BCUT2D eigenvalue weighted by molar-refractivity contribution is 0.579. The highest BCUT2D eigenvalue weighted by atomic mass is 35.5. The fourth-order valence-corrected chi connectivity index (χ4v) is 3.05. The molecule has 2 rings (SSSR count). The van der Waals surface area contributed by atoms with Gasteiger partial charge in [0.2, 0.25) is 0 Å². The van der Waals surface area contributed by atoms with Crippen molar-refractivity contribution in [2.75, 3.05) is 4.72 Å². The number of halogens is 1. The number of benzene rings is 1. The number of aromatic nitrogens is 3. The van der Waals surface area contributed by atoms with E-state index in [2.05, 4.69) is 15.0 Å². The number of sulfonamides is 1. The summed E-state index contributed by atoms with van der Waals surface area (Å²) in [6.45, 7) is 4.04. The van der Waals surface area contributed by atoms with E-state index in [1.807, 2.05) is 19.9 Å². The van der Waals surface area contributed by atoms with E-state index in [1.165, 1.54) is 17.9 Å². The van der Waals surface area contributed by atoms with Crippen LogP contribution in [0.4, 0.5) is 5.69 Å². The van der Waals surface area contributed by atoms with E-state index >= 15 is 0 Å². The summed E-state index contributed by atoms with van der Waals surface area (Å²) in [6, 6.07) is 5.28. The summed E-state index contributed by atoms with van der Waals surface area (Å²) in [4.78, 5) is 0. The smallest absolute Gasteiger partial charge is 0.277 e. The molecule has 0 amide bonds. The quantitative estimate of drug-likeness (QED) is 0.940. The molecular formula is C12H15ClN4O2S. The van der Waals surface area contributed by atoms with Gasteiger partial charge >= 0.3 is 0 Å². The minimum Gasteiger partial charge on any atom is -0.277 e. The van der Waals surface area contributed by atoms with E-state index in [-0.39, 0.29) is 10.9 Å². The maximum atomic E-state index is 12.2. The first-order valence-electron chi connectivity index (χ1n) is 5.98. The first-order chi connectivity index (χ1) is 9.31. The summed E-state index contributed by atoms with van der Waals surface area (Å²) in [5, 5.41) is 7.48. The van der Waals surface area contributed by atoms with Crippen LogP contribution in [0.25, 0.3) is 0 Å². The molecule has 0 spiro atoms. The van der Waals surface area contributed by atoms with Crippen LogP contribution in [0.1, 0.15) is 25.3 Å². The molecule has 1 heterocycles. The molecule has 0 atom stereocenters. The highest BCUT2D eigenvalue weighted by Gasteiger charge is 2.20. The van der Waals surface area contributed by atoms with Crippen molar-refractivity contribution >= 4 is 27.3 Å². The molecule has 1 N–H and O–H groups in total. The van der Waals surface area contributed by atoms with Crippen molar-refractivity contribution in [2.45, 2.75) is 24.8 Å². The van der Waals surface area contributed by atoms with Gasteiger partial charge in [-0.3, -0.25) is 4.72 Å². The zero-order valence-electron chi connectivity index (χ0n) is 11.3. The number of rotatable bonds is 4. The average molecular weight is 315 g/mol. The first-order valence-corrected chi connectivity index (χ1v) is 7.84. The largest absolute Gasteiger partial charge is 0.280 e. The van der Waals surface area contributed by atoms with Gasteiger partial charge in [-0.15, -0.1) is 5.10 Å². The van der Waals surface area contributed by atoms with Gasteiger partial charge in [0, 0.05) is 7.05 Å². The van der Waals surface area contributed by atoms with Gasteiger partial charge in [-0.1, -0.05) is 36.7 Å². The minimum absolute atomic E-state index is 0.0245. The molecule has 0 aliphatic heterocycles. The minimum atomic E-state index is -3.76. The highest BCUT2D eigenvalue weighted by Crippen LogP contribution is 2.28. The van der Waals surface area contributed by atoms with E-state index in [9.17, 15) is 8.42 Å². The summed E-state index contributed by atoms with van der Waals surface area (Å²) >= 11 is 6.04. The molecule has 0 bridgehead atoms. The maximum absolute atomic E-state index is 12.2. The van der Waals surface area contributed by atoms with Crippen LogP contribution < -0.4 is 4.72 Å². The van der Waals surface area contributed by atoms with Gasteiger partial charge in [0.05, 0.1) is 16.9 Å². The van der Waals surface area contributed by atoms with E-state index in [4.69, 9.17) is 11.6 Å². The molecule has 6 nitrogen and oxygen atoms in total. The number of aryl methyl sites for hydroxylation is 1. The Morgan fingerprint density at radius 3 is 2.60 bits per heavy atom. The van der Waals surface area contributed by atoms with E-state index < -0.39 is 10.0 Å². The molecule has 0 fully saturated rings. The molecule has 0 aliphatic rings. The van der Waals surface area contributed by atoms with Gasteiger partial charge in [-0.25, -0.2) is 4.68 Å². The Balaban J connectivity index is 2.39. The van der Waals surface area contributed by atoms with Crippen molar-refractivity contribution in [1.82, 2.24) is 15.0 Å². The second-order valence-electron chi connectivity index (χ2n) is 4.70. The molecule has 2 aromatic rings. The Labute approximate surface area is 122 Å². The Kier molecular flexibility index (Phi) is 4.01. The van der Waals surface area contributed by atoms with E-state index in [0.29, 0.717) is 10.7 Å². The van der Waals surface area contributed by atoms with Crippen molar-refractivity contribution in [3.8, 4) is 0 Å². The first kappa shape index (κ1) is 14.8. The molecule has 0 saturated heterocycles. The zero-order valence-corrected chi connectivity index (χ0v) is 12.9. The fourth-order valence-electron chi connectivity index (χ4n) is 1.70. The van der Waals surface area contributed by atoms with Crippen LogP contribution in [-0.4, -0.2) is 23.4 Å². The molecular weight excluding hydrogens is 300 g/mol. The SMILES string of the molecule is CC(C)c1ccc(Cl)c(NS(=O)(=O)c2cnnn2C)c1. The molecule has 0 saturated carbocycles.